The Balaban J connectivity index is 2.95. The second kappa shape index (κ2) is 3.73. The van der Waals surface area contributed by atoms with Crippen LogP contribution in [0.15, 0.2) is 0 Å². The summed E-state index contributed by atoms with van der Waals surface area (Å²) in [5.74, 6) is -1.67. The molecule has 0 aromatic rings. The predicted molar refractivity (Wildman–Crippen MR) is 44.3 cm³/mol. The first kappa shape index (κ1) is 15.0. The number of hydrogen-bond acceptors (Lipinski definition) is 3. The molecule has 0 bridgehead atoms. The van der Waals surface area contributed by atoms with Crippen LogP contribution in [-0.2, 0) is 9.63 Å². The van der Waals surface area contributed by atoms with E-state index in [-0.39, 0.29) is 0 Å². The number of aliphatic carboxylic acids is 1. The molecule has 4 nitrogen and oxygen atoms in total. The summed E-state index contributed by atoms with van der Waals surface area (Å²) in [6.07, 6.45) is -11.2. The number of carboxylic acids is 1. The number of nitrogens with zero attached hydrogens (tertiary/aromatic N) is 1. The molecule has 1 aliphatic heterocycles. The lowest BCUT2D eigenvalue weighted by atomic mass is 10.1. The fourth-order valence-electron chi connectivity index (χ4n) is 1.22. The van der Waals surface area contributed by atoms with Crippen LogP contribution < -0.4 is 0 Å². The minimum atomic E-state index is -5.60. The second-order valence-corrected chi connectivity index (χ2v) is 4.30. The van der Waals surface area contributed by atoms with E-state index in [4.69, 9.17) is 5.11 Å². The van der Waals surface area contributed by atoms with Crippen LogP contribution in [0.25, 0.3) is 0 Å². The zero-order chi connectivity index (χ0) is 14.6. The van der Waals surface area contributed by atoms with Crippen LogP contribution in [0.2, 0.25) is 0 Å². The molecular formula is C8H9F6NO3. The molecule has 10 heteroatoms. The number of alkyl halides is 6. The van der Waals surface area contributed by atoms with Crippen LogP contribution in [0.5, 0.6) is 0 Å². The van der Waals surface area contributed by atoms with Crippen molar-refractivity contribution in [2.75, 3.05) is 6.54 Å². The van der Waals surface area contributed by atoms with Crippen LogP contribution >= 0.6 is 0 Å². The highest BCUT2D eigenvalue weighted by atomic mass is 19.4. The lowest BCUT2D eigenvalue weighted by Gasteiger charge is -2.26. The highest BCUT2D eigenvalue weighted by Gasteiger charge is 2.85. The van der Waals surface area contributed by atoms with Gasteiger partial charge in [0.2, 0.25) is 0 Å². The average molecular weight is 281 g/mol. The van der Waals surface area contributed by atoms with Gasteiger partial charge in [-0.15, -0.1) is 0 Å². The Bertz CT molecular complexity index is 347. The summed E-state index contributed by atoms with van der Waals surface area (Å²) in [6, 6.07) is 0. The minimum Gasteiger partial charge on any atom is -0.479 e. The van der Waals surface area contributed by atoms with Crippen molar-refractivity contribution in [3.8, 4) is 0 Å². The van der Waals surface area contributed by atoms with Crippen molar-refractivity contribution >= 4 is 5.97 Å². The zero-order valence-electron chi connectivity index (χ0n) is 9.19. The lowest BCUT2D eigenvalue weighted by molar-refractivity contribution is -0.318. The van der Waals surface area contributed by atoms with Gasteiger partial charge in [0.05, 0.1) is 6.54 Å². The Morgan fingerprint density at radius 3 is 1.78 bits per heavy atom. The van der Waals surface area contributed by atoms with Gasteiger partial charge in [-0.2, -0.15) is 31.4 Å². The van der Waals surface area contributed by atoms with E-state index in [2.05, 4.69) is 4.84 Å². The minimum absolute atomic E-state index is 0.402. The number of rotatable bonds is 3. The third kappa shape index (κ3) is 2.14. The summed E-state index contributed by atoms with van der Waals surface area (Å²) in [7, 11) is 0. The van der Waals surface area contributed by atoms with E-state index >= 15 is 0 Å². The quantitative estimate of drug-likeness (QED) is 0.634. The first-order valence-electron chi connectivity index (χ1n) is 4.59. The fourth-order valence-corrected chi connectivity index (χ4v) is 1.22. The summed E-state index contributed by atoms with van der Waals surface area (Å²) in [4.78, 5) is 14.9. The van der Waals surface area contributed by atoms with E-state index in [0.717, 1.165) is 13.8 Å². The molecule has 1 saturated heterocycles. The van der Waals surface area contributed by atoms with E-state index < -0.39 is 41.1 Å². The normalized spacial score (nSPS) is 23.9. The first-order chi connectivity index (χ1) is 7.76. The molecule has 1 atom stereocenters. The highest BCUT2D eigenvalue weighted by Crippen LogP contribution is 2.57. The van der Waals surface area contributed by atoms with Gasteiger partial charge < -0.3 is 5.11 Å². The Morgan fingerprint density at radius 2 is 1.56 bits per heavy atom. The summed E-state index contributed by atoms with van der Waals surface area (Å²) in [5, 5.41) is 8.18. The van der Waals surface area contributed by atoms with Crippen molar-refractivity contribution in [2.45, 2.75) is 37.3 Å². The van der Waals surface area contributed by atoms with Gasteiger partial charge in [0, 0.05) is 0 Å². The van der Waals surface area contributed by atoms with E-state index in [1.165, 1.54) is 0 Å². The Labute approximate surface area is 97.1 Å². The second-order valence-electron chi connectivity index (χ2n) is 4.30. The largest absolute Gasteiger partial charge is 0.479 e. The molecule has 1 heterocycles. The van der Waals surface area contributed by atoms with Crippen LogP contribution in [0.1, 0.15) is 13.8 Å². The van der Waals surface area contributed by atoms with Crippen LogP contribution in [0, 0.1) is 0 Å². The van der Waals surface area contributed by atoms with E-state index in [1.54, 1.807) is 0 Å². The van der Waals surface area contributed by atoms with Gasteiger partial charge in [-0.3, -0.25) is 4.84 Å². The summed E-state index contributed by atoms with van der Waals surface area (Å²) < 4.78 is 74.6. The molecule has 1 N–H and O–H groups in total. The van der Waals surface area contributed by atoms with Gasteiger partial charge in [-0.05, 0) is 13.8 Å². The molecule has 0 radical (unpaired) electrons. The van der Waals surface area contributed by atoms with Gasteiger partial charge in [-0.1, -0.05) is 0 Å². The molecule has 0 aromatic heterocycles. The van der Waals surface area contributed by atoms with Crippen LogP contribution in [-0.4, -0.2) is 46.2 Å². The Kier molecular flexibility index (Phi) is 3.12. The third-order valence-electron chi connectivity index (χ3n) is 2.49. The van der Waals surface area contributed by atoms with Gasteiger partial charge in [-0.25, -0.2) is 4.79 Å². The summed E-state index contributed by atoms with van der Waals surface area (Å²) in [5.41, 5.74) is -6.30. The monoisotopic (exact) mass is 281 g/mol. The standard InChI is InChI=1S/C8H9F6NO3/c1-5(2,4(16)17)18-15-3-6(15,7(9,10)11)8(12,13)14/h3H2,1-2H3,(H,16,17). The summed E-state index contributed by atoms with van der Waals surface area (Å²) >= 11 is 0. The zero-order valence-corrected chi connectivity index (χ0v) is 9.19. The molecule has 1 rings (SSSR count). The predicted octanol–water partition coefficient (Wildman–Crippen LogP) is 1.96. The molecule has 18 heavy (non-hydrogen) atoms. The first-order valence-corrected chi connectivity index (χ1v) is 4.59. The van der Waals surface area contributed by atoms with Gasteiger partial charge in [0.1, 0.15) is 0 Å². The maximum Gasteiger partial charge on any atom is 0.419 e. The molecule has 0 amide bonds. The molecule has 1 unspecified atom stereocenters. The smallest absolute Gasteiger partial charge is 0.419 e. The molecule has 106 valence electrons. The molecule has 0 aromatic carbocycles. The average Bonchev–Trinajstić information content (AvgIpc) is 2.76. The maximum absolute atomic E-state index is 12.4. The lowest BCUT2D eigenvalue weighted by Crippen LogP contribution is -2.51. The van der Waals surface area contributed by atoms with Crippen molar-refractivity contribution in [3.05, 3.63) is 0 Å². The van der Waals surface area contributed by atoms with Crippen molar-refractivity contribution in [2.24, 2.45) is 0 Å². The SMILES string of the molecule is CC(C)(ON1CC1(C(F)(F)F)C(F)(F)F)C(=O)O. The van der Waals surface area contributed by atoms with Crippen molar-refractivity contribution in [1.82, 2.24) is 5.06 Å². The number of halogens is 6. The Morgan fingerprint density at radius 1 is 1.17 bits per heavy atom. The van der Waals surface area contributed by atoms with Gasteiger partial charge >= 0.3 is 18.3 Å². The van der Waals surface area contributed by atoms with Gasteiger partial charge in [0.15, 0.2) is 5.60 Å². The molecular weight excluding hydrogens is 272 g/mol. The highest BCUT2D eigenvalue weighted by molar-refractivity contribution is 5.76. The number of carboxylic acid groups (broad SMARTS) is 1. The molecule has 0 spiro atoms. The van der Waals surface area contributed by atoms with Crippen molar-refractivity contribution in [3.63, 3.8) is 0 Å². The number of hydrogen-bond donors (Lipinski definition) is 1. The van der Waals surface area contributed by atoms with Gasteiger partial charge in [0.25, 0.3) is 5.54 Å². The maximum atomic E-state index is 12.4. The molecule has 1 aliphatic rings. The number of carbonyl (C=O) groups is 1. The van der Waals surface area contributed by atoms with E-state index in [1.807, 2.05) is 0 Å². The molecule has 0 saturated carbocycles. The van der Waals surface area contributed by atoms with E-state index in [0.29, 0.717) is 0 Å². The van der Waals surface area contributed by atoms with Crippen LogP contribution in [0.3, 0.4) is 0 Å². The third-order valence-corrected chi connectivity index (χ3v) is 2.49. The number of hydroxylamine groups is 2. The van der Waals surface area contributed by atoms with E-state index in [9.17, 15) is 31.1 Å². The Hall–Kier alpha value is -1.03. The molecule has 1 fully saturated rings. The molecule has 0 aliphatic carbocycles. The van der Waals surface area contributed by atoms with Crippen molar-refractivity contribution in [1.29, 1.82) is 0 Å². The summed E-state index contributed by atoms with van der Waals surface area (Å²) in [6.45, 7) is 0.229. The van der Waals surface area contributed by atoms with Crippen LogP contribution in [0.4, 0.5) is 26.3 Å². The van der Waals surface area contributed by atoms with Crippen molar-refractivity contribution < 1.29 is 41.1 Å². The fraction of sp³-hybridized carbons (Fsp3) is 0.875. The topological polar surface area (TPSA) is 49.5 Å².